The summed E-state index contributed by atoms with van der Waals surface area (Å²) in [4.78, 5) is 12.5. The molecule has 0 fully saturated rings. The molecule has 0 radical (unpaired) electrons. The van der Waals surface area contributed by atoms with Gasteiger partial charge >= 0.3 is 5.97 Å². The molecule has 1 aliphatic heterocycles. The van der Waals surface area contributed by atoms with Crippen LogP contribution in [0.4, 0.5) is 4.39 Å². The Morgan fingerprint density at radius 1 is 1.11 bits per heavy atom. The Hall–Kier alpha value is -3.08. The van der Waals surface area contributed by atoms with E-state index in [4.69, 9.17) is 14.2 Å². The minimum atomic E-state index is -0.408. The minimum Gasteiger partial charge on any atom is -0.493 e. The fourth-order valence-electron chi connectivity index (χ4n) is 3.53. The third-order valence-corrected chi connectivity index (χ3v) is 5.10. The van der Waals surface area contributed by atoms with Crippen LogP contribution in [-0.2, 0) is 27.2 Å². The normalized spacial score (nSPS) is 18.0. The van der Waals surface area contributed by atoms with Gasteiger partial charge in [-0.1, -0.05) is 31.2 Å². The lowest BCUT2D eigenvalue weighted by Crippen LogP contribution is -2.30. The van der Waals surface area contributed by atoms with E-state index in [1.165, 1.54) is 12.1 Å². The van der Waals surface area contributed by atoms with Crippen LogP contribution in [0, 0.1) is 5.82 Å². The molecule has 0 spiro atoms. The first-order valence-corrected chi connectivity index (χ1v) is 9.29. The van der Waals surface area contributed by atoms with Crippen LogP contribution in [0.5, 0.6) is 0 Å². The van der Waals surface area contributed by atoms with Gasteiger partial charge in [-0.15, -0.1) is 0 Å². The molecule has 0 bridgehead atoms. The van der Waals surface area contributed by atoms with Crippen molar-refractivity contribution in [1.29, 1.82) is 0 Å². The van der Waals surface area contributed by atoms with Gasteiger partial charge in [-0.25, -0.2) is 9.18 Å². The Kier molecular flexibility index (Phi) is 4.90. The molecule has 0 saturated heterocycles. The van der Waals surface area contributed by atoms with Crippen molar-refractivity contribution in [2.75, 3.05) is 7.11 Å². The fourth-order valence-corrected chi connectivity index (χ4v) is 3.53. The van der Waals surface area contributed by atoms with Crippen LogP contribution in [0.1, 0.15) is 40.4 Å². The quantitative estimate of drug-likeness (QED) is 0.700. The lowest BCUT2D eigenvalue weighted by atomic mass is 9.86. The molecule has 144 valence electrons. The van der Waals surface area contributed by atoms with Crippen molar-refractivity contribution >= 4 is 11.5 Å². The highest BCUT2D eigenvalue weighted by Crippen LogP contribution is 2.39. The van der Waals surface area contributed by atoms with Crippen molar-refractivity contribution in [1.82, 2.24) is 0 Å². The molecule has 2 aliphatic rings. The van der Waals surface area contributed by atoms with Gasteiger partial charge in [-0.2, -0.15) is 0 Å². The molecule has 0 saturated carbocycles. The van der Waals surface area contributed by atoms with Crippen molar-refractivity contribution in [2.24, 2.45) is 0 Å². The van der Waals surface area contributed by atoms with Crippen LogP contribution in [0.3, 0.4) is 0 Å². The number of benzene rings is 2. The smallest absolute Gasteiger partial charge is 0.339 e. The van der Waals surface area contributed by atoms with E-state index < -0.39 is 6.10 Å². The molecule has 2 aromatic carbocycles. The zero-order valence-electron chi connectivity index (χ0n) is 15.8. The summed E-state index contributed by atoms with van der Waals surface area (Å²) in [7, 11) is 1.59. The van der Waals surface area contributed by atoms with Crippen LogP contribution in [-0.4, -0.2) is 19.2 Å². The summed E-state index contributed by atoms with van der Waals surface area (Å²) >= 11 is 0. The van der Waals surface area contributed by atoms with Crippen LogP contribution in [0.25, 0.3) is 5.57 Å². The van der Waals surface area contributed by atoms with E-state index in [1.807, 2.05) is 24.3 Å². The molecule has 1 unspecified atom stereocenters. The van der Waals surface area contributed by atoms with E-state index in [1.54, 1.807) is 19.2 Å². The number of ether oxygens (including phenoxy) is 3. The number of rotatable bonds is 5. The number of methoxy groups -OCH3 is 1. The Bertz CT molecular complexity index is 973. The number of hydrogen-bond donors (Lipinski definition) is 0. The molecule has 28 heavy (non-hydrogen) atoms. The van der Waals surface area contributed by atoms with Crippen molar-refractivity contribution < 1.29 is 23.4 Å². The molecule has 0 amide bonds. The second-order valence-electron chi connectivity index (χ2n) is 6.84. The third-order valence-electron chi connectivity index (χ3n) is 5.10. The van der Waals surface area contributed by atoms with E-state index >= 15 is 0 Å². The Morgan fingerprint density at radius 2 is 1.86 bits per heavy atom. The first-order valence-electron chi connectivity index (χ1n) is 9.29. The van der Waals surface area contributed by atoms with Crippen molar-refractivity contribution in [2.45, 2.75) is 32.5 Å². The summed E-state index contributed by atoms with van der Waals surface area (Å²) in [5.74, 6) is 0.620. The molecular formula is C23H21FO4. The molecule has 1 heterocycles. The minimum absolute atomic E-state index is 0.281. The number of halogens is 1. The zero-order chi connectivity index (χ0) is 19.7. The molecule has 0 N–H and O–H groups in total. The maximum Gasteiger partial charge on any atom is 0.339 e. The summed E-state index contributed by atoms with van der Waals surface area (Å²) in [6.07, 6.45) is 2.73. The standard InChI is InChI=1S/C23H21FO4/c1-3-14-6-9-17-18-11-21(26-2)22(12-20(18)28-23(25)19(17)10-14)27-13-15-4-7-16(24)8-5-15/h4-11,20H,3,12-13H2,1-2H3. The lowest BCUT2D eigenvalue weighted by Gasteiger charge is -2.32. The molecular weight excluding hydrogens is 359 g/mol. The van der Waals surface area contributed by atoms with Gasteiger partial charge in [-0.05, 0) is 47.4 Å². The highest BCUT2D eigenvalue weighted by atomic mass is 19.1. The molecule has 0 aromatic heterocycles. The van der Waals surface area contributed by atoms with Crippen LogP contribution < -0.4 is 0 Å². The topological polar surface area (TPSA) is 44.8 Å². The van der Waals surface area contributed by atoms with Gasteiger partial charge < -0.3 is 14.2 Å². The molecule has 4 nitrogen and oxygen atoms in total. The van der Waals surface area contributed by atoms with Gasteiger partial charge in [0.05, 0.1) is 19.1 Å². The van der Waals surface area contributed by atoms with E-state index in [0.29, 0.717) is 23.5 Å². The van der Waals surface area contributed by atoms with E-state index in [-0.39, 0.29) is 18.4 Å². The number of carbonyl (C=O) groups excluding carboxylic acids is 1. The second-order valence-corrected chi connectivity index (χ2v) is 6.84. The van der Waals surface area contributed by atoms with Gasteiger partial charge in [0.15, 0.2) is 5.76 Å². The molecule has 4 rings (SSSR count). The van der Waals surface area contributed by atoms with Crippen LogP contribution in [0.2, 0.25) is 0 Å². The number of allylic oxidation sites excluding steroid dienone is 1. The van der Waals surface area contributed by atoms with Gasteiger partial charge in [0.25, 0.3) is 0 Å². The monoisotopic (exact) mass is 380 g/mol. The number of fused-ring (bicyclic) bond motifs is 3. The summed E-state index contributed by atoms with van der Waals surface area (Å²) in [6, 6.07) is 12.0. The first-order chi connectivity index (χ1) is 13.6. The van der Waals surface area contributed by atoms with Crippen LogP contribution >= 0.6 is 0 Å². The highest BCUT2D eigenvalue weighted by Gasteiger charge is 2.35. The average molecular weight is 380 g/mol. The molecule has 1 atom stereocenters. The maximum absolute atomic E-state index is 13.1. The summed E-state index contributed by atoms with van der Waals surface area (Å²) < 4.78 is 30.2. The predicted molar refractivity (Wildman–Crippen MR) is 103 cm³/mol. The first kappa shape index (κ1) is 18.3. The van der Waals surface area contributed by atoms with Gasteiger partial charge in [-0.3, -0.25) is 0 Å². The summed E-state index contributed by atoms with van der Waals surface area (Å²) in [6.45, 7) is 2.33. The Balaban J connectivity index is 1.63. The molecule has 1 aliphatic carbocycles. The highest BCUT2D eigenvalue weighted by molar-refractivity contribution is 6.00. The number of esters is 1. The van der Waals surface area contributed by atoms with Gasteiger partial charge in [0, 0.05) is 5.57 Å². The van der Waals surface area contributed by atoms with Crippen molar-refractivity contribution in [3.8, 4) is 0 Å². The lowest BCUT2D eigenvalue weighted by molar-refractivity contribution is 0.0338. The van der Waals surface area contributed by atoms with E-state index in [2.05, 4.69) is 6.92 Å². The Morgan fingerprint density at radius 3 is 2.57 bits per heavy atom. The number of carbonyl (C=O) groups is 1. The van der Waals surface area contributed by atoms with Gasteiger partial charge in [0.2, 0.25) is 0 Å². The Labute approximate surface area is 163 Å². The summed E-state index contributed by atoms with van der Waals surface area (Å²) in [5.41, 5.74) is 4.33. The largest absolute Gasteiger partial charge is 0.493 e. The van der Waals surface area contributed by atoms with Crippen LogP contribution in [0.15, 0.2) is 60.1 Å². The second kappa shape index (κ2) is 7.50. The van der Waals surface area contributed by atoms with Crippen molar-refractivity contribution in [3.05, 3.63) is 88.1 Å². The van der Waals surface area contributed by atoms with E-state index in [9.17, 15) is 9.18 Å². The van der Waals surface area contributed by atoms with E-state index in [0.717, 1.165) is 28.7 Å². The van der Waals surface area contributed by atoms with Crippen molar-refractivity contribution in [3.63, 3.8) is 0 Å². The summed E-state index contributed by atoms with van der Waals surface area (Å²) in [5, 5.41) is 0. The zero-order valence-corrected chi connectivity index (χ0v) is 15.8. The number of hydrogen-bond acceptors (Lipinski definition) is 4. The van der Waals surface area contributed by atoms with Gasteiger partial charge in [0.1, 0.15) is 24.3 Å². The molecule has 5 heteroatoms. The third kappa shape index (κ3) is 3.40. The predicted octanol–water partition coefficient (Wildman–Crippen LogP) is 4.79. The fraction of sp³-hybridized carbons (Fsp3) is 0.261. The molecule has 2 aromatic rings. The SMILES string of the molecule is CCc1ccc2c(c1)C(=O)OC1CC(OCc3ccc(F)cc3)=C(OC)C=C21. The average Bonchev–Trinajstić information content (AvgIpc) is 2.72. The maximum atomic E-state index is 13.1. The number of aryl methyl sites for hydroxylation is 1.